The van der Waals surface area contributed by atoms with E-state index in [4.69, 9.17) is 10.5 Å². The summed E-state index contributed by atoms with van der Waals surface area (Å²) < 4.78 is 5.73. The van der Waals surface area contributed by atoms with Gasteiger partial charge >= 0.3 is 0 Å². The molecule has 1 heterocycles. The van der Waals surface area contributed by atoms with Crippen molar-refractivity contribution in [3.05, 3.63) is 78.4 Å². The lowest BCUT2D eigenvalue weighted by Crippen LogP contribution is -2.01. The van der Waals surface area contributed by atoms with Gasteiger partial charge in [-0.1, -0.05) is 54.6 Å². The number of hydrogen-bond acceptors (Lipinski definition) is 4. The average molecular weight is 365 g/mol. The molecule has 0 atom stereocenters. The van der Waals surface area contributed by atoms with Crippen molar-refractivity contribution < 1.29 is 4.74 Å². The first-order valence-electron chi connectivity index (χ1n) is 9.13. The lowest BCUT2D eigenvalue weighted by atomic mass is 9.94. The molecular formula is C24H19N3O. The molecule has 2 N–H and O–H groups in total. The van der Waals surface area contributed by atoms with Gasteiger partial charge < -0.3 is 10.5 Å². The summed E-state index contributed by atoms with van der Waals surface area (Å²) in [5.74, 6) is 0.349. The summed E-state index contributed by atoms with van der Waals surface area (Å²) in [4.78, 5) is 4.61. The van der Waals surface area contributed by atoms with Gasteiger partial charge in [-0.25, -0.2) is 4.98 Å². The Kier molecular flexibility index (Phi) is 4.65. The van der Waals surface area contributed by atoms with Crippen LogP contribution in [0.15, 0.2) is 72.8 Å². The second-order valence-corrected chi connectivity index (χ2v) is 6.43. The number of fused-ring (bicyclic) bond motifs is 1. The van der Waals surface area contributed by atoms with Crippen molar-refractivity contribution in [2.24, 2.45) is 0 Å². The molecule has 4 aromatic rings. The van der Waals surface area contributed by atoms with E-state index in [1.54, 1.807) is 0 Å². The van der Waals surface area contributed by atoms with Gasteiger partial charge in [0.1, 0.15) is 11.6 Å². The Morgan fingerprint density at radius 1 is 0.964 bits per heavy atom. The maximum absolute atomic E-state index is 9.87. The monoisotopic (exact) mass is 365 g/mol. The van der Waals surface area contributed by atoms with Gasteiger partial charge in [0.15, 0.2) is 0 Å². The Morgan fingerprint density at radius 2 is 1.71 bits per heavy atom. The first-order valence-corrected chi connectivity index (χ1v) is 9.13. The number of pyridine rings is 1. The number of nitrogens with two attached hydrogens (primary N) is 1. The van der Waals surface area contributed by atoms with Gasteiger partial charge in [0.2, 0.25) is 5.88 Å². The van der Waals surface area contributed by atoms with Crippen LogP contribution in [0.3, 0.4) is 0 Å². The fourth-order valence-electron chi connectivity index (χ4n) is 3.35. The molecule has 4 rings (SSSR count). The van der Waals surface area contributed by atoms with Crippen LogP contribution in [0.5, 0.6) is 5.88 Å². The van der Waals surface area contributed by atoms with Crippen LogP contribution in [-0.4, -0.2) is 11.6 Å². The van der Waals surface area contributed by atoms with Crippen molar-refractivity contribution in [1.82, 2.24) is 4.98 Å². The number of nitriles is 1. The number of rotatable bonds is 4. The average Bonchev–Trinajstić information content (AvgIpc) is 2.73. The molecular weight excluding hydrogens is 346 g/mol. The van der Waals surface area contributed by atoms with E-state index < -0.39 is 0 Å². The lowest BCUT2D eigenvalue weighted by Gasteiger charge is -2.14. The van der Waals surface area contributed by atoms with E-state index in [1.807, 2.05) is 61.5 Å². The predicted molar refractivity (Wildman–Crippen MR) is 113 cm³/mol. The summed E-state index contributed by atoms with van der Waals surface area (Å²) >= 11 is 0. The molecule has 3 aromatic carbocycles. The van der Waals surface area contributed by atoms with Crippen molar-refractivity contribution in [1.29, 1.82) is 5.26 Å². The molecule has 0 aliphatic heterocycles. The molecule has 0 spiro atoms. The fourth-order valence-corrected chi connectivity index (χ4v) is 3.35. The number of aromatic nitrogens is 1. The normalized spacial score (nSPS) is 10.6. The summed E-state index contributed by atoms with van der Waals surface area (Å²) in [6.45, 7) is 2.32. The molecule has 0 saturated carbocycles. The molecule has 0 radical (unpaired) electrons. The second-order valence-electron chi connectivity index (χ2n) is 6.43. The van der Waals surface area contributed by atoms with Crippen LogP contribution in [0.2, 0.25) is 0 Å². The van der Waals surface area contributed by atoms with Gasteiger partial charge in [0, 0.05) is 16.8 Å². The third-order valence-corrected chi connectivity index (χ3v) is 4.67. The summed E-state index contributed by atoms with van der Waals surface area (Å²) in [6.07, 6.45) is 0. The second kappa shape index (κ2) is 7.42. The highest BCUT2D eigenvalue weighted by molar-refractivity contribution is 5.98. The Hall–Kier alpha value is -3.84. The molecule has 4 nitrogen and oxygen atoms in total. The minimum atomic E-state index is 0.349. The maximum atomic E-state index is 9.87. The van der Waals surface area contributed by atoms with Crippen molar-refractivity contribution in [3.8, 4) is 34.3 Å². The first-order chi connectivity index (χ1) is 13.7. The molecule has 0 amide bonds. The Morgan fingerprint density at radius 3 is 2.46 bits per heavy atom. The van der Waals surface area contributed by atoms with Crippen LogP contribution in [0, 0.1) is 11.3 Å². The highest BCUT2D eigenvalue weighted by atomic mass is 16.5. The molecule has 28 heavy (non-hydrogen) atoms. The highest BCUT2D eigenvalue weighted by Gasteiger charge is 2.17. The van der Waals surface area contributed by atoms with E-state index >= 15 is 0 Å². The van der Waals surface area contributed by atoms with E-state index in [-0.39, 0.29) is 0 Å². The van der Waals surface area contributed by atoms with Gasteiger partial charge in [-0.3, -0.25) is 0 Å². The zero-order chi connectivity index (χ0) is 19.5. The van der Waals surface area contributed by atoms with E-state index in [0.29, 0.717) is 23.7 Å². The zero-order valence-corrected chi connectivity index (χ0v) is 15.5. The van der Waals surface area contributed by atoms with E-state index in [9.17, 15) is 5.26 Å². The van der Waals surface area contributed by atoms with Crippen molar-refractivity contribution >= 4 is 16.5 Å². The molecule has 0 fully saturated rings. The quantitative estimate of drug-likeness (QED) is 0.490. The van der Waals surface area contributed by atoms with Crippen LogP contribution in [0.4, 0.5) is 5.69 Å². The molecule has 4 heteroatoms. The maximum Gasteiger partial charge on any atom is 0.232 e. The number of benzene rings is 3. The van der Waals surface area contributed by atoms with Crippen LogP contribution < -0.4 is 10.5 Å². The smallest absolute Gasteiger partial charge is 0.232 e. The summed E-state index contributed by atoms with van der Waals surface area (Å²) in [7, 11) is 0. The molecule has 136 valence electrons. The van der Waals surface area contributed by atoms with Gasteiger partial charge in [0.25, 0.3) is 0 Å². The Balaban J connectivity index is 2.02. The molecule has 1 aromatic heterocycles. The fraction of sp³-hybridized carbons (Fsp3) is 0.0833. The Labute approximate surface area is 163 Å². The van der Waals surface area contributed by atoms with Crippen LogP contribution in [0.1, 0.15) is 12.5 Å². The van der Waals surface area contributed by atoms with E-state index in [2.05, 4.69) is 29.3 Å². The van der Waals surface area contributed by atoms with Gasteiger partial charge in [-0.2, -0.15) is 5.26 Å². The predicted octanol–water partition coefficient (Wildman–Crippen LogP) is 5.42. The topological polar surface area (TPSA) is 71.9 Å². The first kappa shape index (κ1) is 17.6. The SMILES string of the molecule is CCOc1nc(-c2ccc(N)cc2)cc(-c2cccc3ccccc23)c1C#N. The van der Waals surface area contributed by atoms with Crippen molar-refractivity contribution in [3.63, 3.8) is 0 Å². The van der Waals surface area contributed by atoms with E-state index in [0.717, 1.165) is 33.2 Å². The van der Waals surface area contributed by atoms with Gasteiger partial charge in [-0.15, -0.1) is 0 Å². The largest absolute Gasteiger partial charge is 0.477 e. The summed E-state index contributed by atoms with van der Waals surface area (Å²) in [5, 5.41) is 12.1. The van der Waals surface area contributed by atoms with Crippen LogP contribution in [-0.2, 0) is 0 Å². The Bertz CT molecular complexity index is 1190. The molecule has 0 bridgehead atoms. The number of nitrogens with zero attached hydrogens (tertiary/aromatic N) is 2. The number of nitrogen functional groups attached to an aromatic ring is 1. The standard InChI is InChI=1S/C24H19N3O/c1-2-28-24-22(15-25)21(14-23(27-24)17-10-12-18(26)13-11-17)20-9-5-7-16-6-3-4-8-19(16)20/h3-14H,2,26H2,1H3. The molecule has 0 unspecified atom stereocenters. The van der Waals surface area contributed by atoms with Gasteiger partial charge in [-0.05, 0) is 41.5 Å². The number of ether oxygens (including phenoxy) is 1. The molecule has 0 saturated heterocycles. The minimum Gasteiger partial charge on any atom is -0.477 e. The van der Waals surface area contributed by atoms with Crippen LogP contribution in [0.25, 0.3) is 33.2 Å². The van der Waals surface area contributed by atoms with Crippen molar-refractivity contribution in [2.45, 2.75) is 6.92 Å². The van der Waals surface area contributed by atoms with Gasteiger partial charge in [0.05, 0.1) is 12.3 Å². The summed E-state index contributed by atoms with van der Waals surface area (Å²) in [6, 6.07) is 26.0. The third kappa shape index (κ3) is 3.15. The van der Waals surface area contributed by atoms with Crippen molar-refractivity contribution in [2.75, 3.05) is 12.3 Å². The lowest BCUT2D eigenvalue weighted by molar-refractivity contribution is 0.326. The highest BCUT2D eigenvalue weighted by Crippen LogP contribution is 2.37. The van der Waals surface area contributed by atoms with E-state index in [1.165, 1.54) is 0 Å². The number of anilines is 1. The number of hydrogen-bond donors (Lipinski definition) is 1. The summed E-state index contributed by atoms with van der Waals surface area (Å²) in [5.41, 5.74) is 10.4. The zero-order valence-electron chi connectivity index (χ0n) is 15.5. The molecule has 0 aliphatic rings. The molecule has 0 aliphatic carbocycles. The third-order valence-electron chi connectivity index (χ3n) is 4.67. The minimum absolute atomic E-state index is 0.349. The van der Waals surface area contributed by atoms with Crippen LogP contribution >= 0.6 is 0 Å².